The van der Waals surface area contributed by atoms with Crippen LogP contribution in [-0.4, -0.2) is 19.6 Å². The average Bonchev–Trinajstić information content (AvgIpc) is 2.25. The second-order valence-corrected chi connectivity index (χ2v) is 3.95. The molecule has 0 aromatic heterocycles. The van der Waals surface area contributed by atoms with Gasteiger partial charge in [0.1, 0.15) is 12.4 Å². The molecule has 1 aromatic rings. The van der Waals surface area contributed by atoms with E-state index in [0.717, 1.165) is 10.0 Å². The number of ether oxygens (including phenoxy) is 2. The highest BCUT2D eigenvalue weighted by Crippen LogP contribution is 2.22. The molecule has 0 radical (unpaired) electrons. The van der Waals surface area contributed by atoms with Crippen molar-refractivity contribution in [3.05, 3.63) is 28.2 Å². The summed E-state index contributed by atoms with van der Waals surface area (Å²) in [6.45, 7) is -0.403. The first kappa shape index (κ1) is 14.3. The van der Waals surface area contributed by atoms with Crippen LogP contribution >= 0.6 is 15.9 Å². The molecule has 0 spiro atoms. The molecule has 0 unspecified atom stereocenters. The van der Waals surface area contributed by atoms with E-state index in [0.29, 0.717) is 12.3 Å². The van der Waals surface area contributed by atoms with E-state index >= 15 is 0 Å². The average molecular weight is 314 g/mol. The number of hydrogen-bond donors (Lipinski definition) is 1. The lowest BCUT2D eigenvalue weighted by atomic mass is 10.2. The maximum atomic E-state index is 11.7. The Bertz CT molecular complexity index is 371. The molecule has 1 rings (SSSR count). The molecule has 3 nitrogen and oxygen atoms in total. The number of alkyl halides is 3. The first-order valence-electron chi connectivity index (χ1n) is 4.74. The molecule has 0 aliphatic carbocycles. The minimum atomic E-state index is -4.62. The highest BCUT2D eigenvalue weighted by atomic mass is 79.9. The van der Waals surface area contributed by atoms with Crippen LogP contribution in [0.15, 0.2) is 22.7 Å². The molecule has 0 bridgehead atoms. The number of nitrogens with two attached hydrogens (primary N) is 1. The van der Waals surface area contributed by atoms with Gasteiger partial charge in [0.15, 0.2) is 0 Å². The third-order valence-corrected chi connectivity index (χ3v) is 2.63. The van der Waals surface area contributed by atoms with Crippen molar-refractivity contribution in [1.82, 2.24) is 0 Å². The molecular formula is C10H11BrF3NO2. The summed E-state index contributed by atoms with van der Waals surface area (Å²) in [5.74, 6) is 0.458. The molecule has 0 aliphatic rings. The second-order valence-electron chi connectivity index (χ2n) is 3.10. The Balaban J connectivity index is 2.42. The fraction of sp³-hybridized carbons (Fsp3) is 0.400. The van der Waals surface area contributed by atoms with Crippen molar-refractivity contribution in [3.8, 4) is 5.75 Å². The zero-order valence-corrected chi connectivity index (χ0v) is 10.3. The van der Waals surface area contributed by atoms with Crippen molar-refractivity contribution in [2.75, 3.05) is 13.2 Å². The van der Waals surface area contributed by atoms with Gasteiger partial charge in [-0.1, -0.05) is 15.9 Å². The summed E-state index contributed by atoms with van der Waals surface area (Å²) < 4.78 is 44.5. The van der Waals surface area contributed by atoms with E-state index in [1.54, 1.807) is 18.2 Å². The zero-order valence-electron chi connectivity index (χ0n) is 8.76. The third kappa shape index (κ3) is 5.38. The molecule has 17 heavy (non-hydrogen) atoms. The summed E-state index contributed by atoms with van der Waals surface area (Å²) in [5, 5.41) is 0. The maximum absolute atomic E-state index is 11.7. The van der Waals surface area contributed by atoms with Gasteiger partial charge in [-0.3, -0.25) is 4.74 Å². The Hall–Kier alpha value is -0.790. The van der Waals surface area contributed by atoms with Crippen molar-refractivity contribution in [3.63, 3.8) is 0 Å². The van der Waals surface area contributed by atoms with Crippen LogP contribution in [0.2, 0.25) is 0 Å². The fourth-order valence-electron chi connectivity index (χ4n) is 1.11. The summed E-state index contributed by atoms with van der Waals surface area (Å²) >= 11 is 3.29. The van der Waals surface area contributed by atoms with E-state index in [1.807, 2.05) is 0 Å². The maximum Gasteiger partial charge on any atom is 0.522 e. The third-order valence-electron chi connectivity index (χ3n) is 1.85. The molecule has 1 aromatic carbocycles. The number of benzene rings is 1. The minimum Gasteiger partial charge on any atom is -0.491 e. The number of rotatable bonds is 5. The summed E-state index contributed by atoms with van der Waals surface area (Å²) in [7, 11) is 0. The Morgan fingerprint density at radius 1 is 1.24 bits per heavy atom. The molecule has 7 heteroatoms. The summed E-state index contributed by atoms with van der Waals surface area (Å²) in [6, 6.07) is 5.02. The van der Waals surface area contributed by atoms with Crippen LogP contribution in [0.5, 0.6) is 5.75 Å². The van der Waals surface area contributed by atoms with E-state index < -0.39 is 13.0 Å². The molecule has 0 heterocycles. The van der Waals surface area contributed by atoms with Crippen LogP contribution < -0.4 is 10.5 Å². The molecule has 0 saturated heterocycles. The molecule has 0 amide bonds. The van der Waals surface area contributed by atoms with Crippen LogP contribution in [0.1, 0.15) is 5.56 Å². The lowest BCUT2D eigenvalue weighted by molar-refractivity contribution is -0.325. The van der Waals surface area contributed by atoms with Crippen LogP contribution in [-0.2, 0) is 11.3 Å². The van der Waals surface area contributed by atoms with Crippen LogP contribution in [0.4, 0.5) is 13.2 Å². The van der Waals surface area contributed by atoms with Gasteiger partial charge < -0.3 is 10.5 Å². The monoisotopic (exact) mass is 313 g/mol. The van der Waals surface area contributed by atoms with Gasteiger partial charge in [-0.25, -0.2) is 0 Å². The quantitative estimate of drug-likeness (QED) is 0.850. The number of halogens is 4. The number of hydrogen-bond acceptors (Lipinski definition) is 3. The minimum absolute atomic E-state index is 0.175. The molecule has 0 aliphatic heterocycles. The first-order valence-corrected chi connectivity index (χ1v) is 5.53. The normalized spacial score (nSPS) is 11.6. The van der Waals surface area contributed by atoms with E-state index in [4.69, 9.17) is 10.5 Å². The van der Waals surface area contributed by atoms with Gasteiger partial charge in [0.2, 0.25) is 0 Å². The van der Waals surface area contributed by atoms with Crippen molar-refractivity contribution in [2.45, 2.75) is 12.9 Å². The summed E-state index contributed by atoms with van der Waals surface area (Å²) in [5.41, 5.74) is 6.29. The van der Waals surface area contributed by atoms with E-state index in [9.17, 15) is 13.2 Å². The standard InChI is InChI=1S/C10H11BrF3NO2/c11-9-2-1-8(5-7(9)6-15)16-3-4-17-10(12,13)14/h1-2,5H,3-4,6,15H2. The second kappa shape index (κ2) is 6.23. The van der Waals surface area contributed by atoms with Gasteiger partial charge in [-0.2, -0.15) is 0 Å². The Morgan fingerprint density at radius 3 is 2.53 bits per heavy atom. The molecule has 0 saturated carbocycles. The smallest absolute Gasteiger partial charge is 0.491 e. The predicted molar refractivity (Wildman–Crippen MR) is 59.5 cm³/mol. The van der Waals surface area contributed by atoms with Gasteiger partial charge >= 0.3 is 6.36 Å². The van der Waals surface area contributed by atoms with Gasteiger partial charge in [0.05, 0.1) is 6.61 Å². The molecule has 96 valence electrons. The zero-order chi connectivity index (χ0) is 12.9. The molecule has 0 fully saturated rings. The van der Waals surface area contributed by atoms with Gasteiger partial charge in [-0.15, -0.1) is 13.2 Å². The summed E-state index contributed by atoms with van der Waals surface area (Å²) in [4.78, 5) is 0. The van der Waals surface area contributed by atoms with Crippen LogP contribution in [0.25, 0.3) is 0 Å². The lowest BCUT2D eigenvalue weighted by Gasteiger charge is -2.10. The SMILES string of the molecule is NCc1cc(OCCOC(F)(F)F)ccc1Br. The first-order chi connectivity index (χ1) is 7.92. The molecule has 2 N–H and O–H groups in total. The van der Waals surface area contributed by atoms with Gasteiger partial charge in [-0.05, 0) is 23.8 Å². The van der Waals surface area contributed by atoms with E-state index in [1.165, 1.54) is 0 Å². The van der Waals surface area contributed by atoms with Gasteiger partial charge in [0, 0.05) is 11.0 Å². The largest absolute Gasteiger partial charge is 0.522 e. The Morgan fingerprint density at radius 2 is 1.94 bits per heavy atom. The highest BCUT2D eigenvalue weighted by Gasteiger charge is 2.28. The van der Waals surface area contributed by atoms with Crippen molar-refractivity contribution in [1.29, 1.82) is 0 Å². The van der Waals surface area contributed by atoms with E-state index in [2.05, 4.69) is 20.7 Å². The Labute approximate surface area is 105 Å². The predicted octanol–water partition coefficient (Wildman–Crippen LogP) is 2.82. The highest BCUT2D eigenvalue weighted by molar-refractivity contribution is 9.10. The van der Waals surface area contributed by atoms with E-state index in [-0.39, 0.29) is 6.61 Å². The lowest BCUT2D eigenvalue weighted by Crippen LogP contribution is -2.18. The van der Waals surface area contributed by atoms with Crippen LogP contribution in [0.3, 0.4) is 0 Å². The van der Waals surface area contributed by atoms with Crippen molar-refractivity contribution < 1.29 is 22.6 Å². The fourth-order valence-corrected chi connectivity index (χ4v) is 1.52. The van der Waals surface area contributed by atoms with Gasteiger partial charge in [0.25, 0.3) is 0 Å². The van der Waals surface area contributed by atoms with Crippen LogP contribution in [0, 0.1) is 0 Å². The molecule has 0 atom stereocenters. The Kier molecular flexibility index (Phi) is 5.23. The topological polar surface area (TPSA) is 44.5 Å². The van der Waals surface area contributed by atoms with Crippen molar-refractivity contribution >= 4 is 15.9 Å². The molecular weight excluding hydrogens is 303 g/mol. The van der Waals surface area contributed by atoms with Crippen molar-refractivity contribution in [2.24, 2.45) is 5.73 Å². The summed E-state index contributed by atoms with van der Waals surface area (Å²) in [6.07, 6.45) is -4.62.